The SMILES string of the molecule is O=C(Nc1nc2ccccc2c(=O)[nH]1)C1CCCN(C(=O)c2cccc3ccccc23)C1. The first-order chi connectivity index (χ1) is 15.6. The molecule has 2 N–H and O–H groups in total. The van der Waals surface area contributed by atoms with Crippen molar-refractivity contribution in [3.63, 3.8) is 0 Å². The van der Waals surface area contributed by atoms with Gasteiger partial charge in [-0.1, -0.05) is 48.5 Å². The Morgan fingerprint density at radius 2 is 1.72 bits per heavy atom. The molecular weight excluding hydrogens is 404 g/mol. The number of hydrogen-bond acceptors (Lipinski definition) is 4. The molecule has 160 valence electrons. The molecule has 1 atom stereocenters. The van der Waals surface area contributed by atoms with Crippen molar-refractivity contribution < 1.29 is 9.59 Å². The molecule has 1 fully saturated rings. The Balaban J connectivity index is 1.34. The molecule has 7 nitrogen and oxygen atoms in total. The smallest absolute Gasteiger partial charge is 0.260 e. The summed E-state index contributed by atoms with van der Waals surface area (Å²) in [6.07, 6.45) is 1.40. The van der Waals surface area contributed by atoms with Crippen LogP contribution in [0.1, 0.15) is 23.2 Å². The Bertz CT molecular complexity index is 1390. The molecule has 1 aromatic heterocycles. The second-order valence-electron chi connectivity index (χ2n) is 8.04. The van der Waals surface area contributed by atoms with Gasteiger partial charge < -0.3 is 4.90 Å². The van der Waals surface area contributed by atoms with Gasteiger partial charge in [-0.2, -0.15) is 0 Å². The fourth-order valence-electron chi connectivity index (χ4n) is 4.32. The van der Waals surface area contributed by atoms with Crippen molar-refractivity contribution in [1.82, 2.24) is 14.9 Å². The van der Waals surface area contributed by atoms with Gasteiger partial charge in [0, 0.05) is 18.7 Å². The summed E-state index contributed by atoms with van der Waals surface area (Å²) >= 11 is 0. The van der Waals surface area contributed by atoms with Crippen molar-refractivity contribution in [1.29, 1.82) is 0 Å². The number of nitrogens with zero attached hydrogens (tertiary/aromatic N) is 2. The molecule has 1 aliphatic heterocycles. The lowest BCUT2D eigenvalue weighted by Crippen LogP contribution is -2.44. The van der Waals surface area contributed by atoms with E-state index in [1.165, 1.54) is 0 Å². The van der Waals surface area contributed by atoms with Crippen LogP contribution in [0, 0.1) is 5.92 Å². The lowest BCUT2D eigenvalue weighted by Gasteiger charge is -2.32. The number of rotatable bonds is 3. The van der Waals surface area contributed by atoms with Crippen LogP contribution >= 0.6 is 0 Å². The number of nitrogens with one attached hydrogen (secondary N) is 2. The highest BCUT2D eigenvalue weighted by Gasteiger charge is 2.30. The highest BCUT2D eigenvalue weighted by atomic mass is 16.2. The highest BCUT2D eigenvalue weighted by Crippen LogP contribution is 2.24. The maximum absolute atomic E-state index is 13.3. The number of carbonyl (C=O) groups is 2. The summed E-state index contributed by atoms with van der Waals surface area (Å²) in [6, 6.07) is 20.5. The molecule has 0 radical (unpaired) electrons. The summed E-state index contributed by atoms with van der Waals surface area (Å²) in [5, 5.41) is 5.11. The molecule has 7 heteroatoms. The monoisotopic (exact) mass is 426 g/mol. The van der Waals surface area contributed by atoms with E-state index in [4.69, 9.17) is 0 Å². The summed E-state index contributed by atoms with van der Waals surface area (Å²) in [6.45, 7) is 0.933. The van der Waals surface area contributed by atoms with Crippen molar-refractivity contribution >= 4 is 39.4 Å². The third kappa shape index (κ3) is 3.73. The summed E-state index contributed by atoms with van der Waals surface area (Å²) in [7, 11) is 0. The van der Waals surface area contributed by atoms with E-state index >= 15 is 0 Å². The van der Waals surface area contributed by atoms with Crippen molar-refractivity contribution in [2.75, 3.05) is 18.4 Å². The molecular formula is C25H22N4O3. The molecule has 0 aliphatic carbocycles. The molecule has 3 aromatic carbocycles. The van der Waals surface area contributed by atoms with Crippen LogP contribution in [0.15, 0.2) is 71.5 Å². The van der Waals surface area contributed by atoms with E-state index < -0.39 is 0 Å². The third-order valence-electron chi connectivity index (χ3n) is 5.95. The number of benzene rings is 3. The Labute approximate surface area is 184 Å². The first kappa shape index (κ1) is 19.9. The van der Waals surface area contributed by atoms with Gasteiger partial charge in [0.25, 0.3) is 11.5 Å². The fourth-order valence-corrected chi connectivity index (χ4v) is 4.32. The van der Waals surface area contributed by atoms with Gasteiger partial charge >= 0.3 is 0 Å². The van der Waals surface area contributed by atoms with Crippen LogP contribution in [0.5, 0.6) is 0 Å². The van der Waals surface area contributed by atoms with E-state index in [1.54, 1.807) is 29.2 Å². The summed E-state index contributed by atoms with van der Waals surface area (Å²) in [5.41, 5.74) is 0.856. The van der Waals surface area contributed by atoms with Gasteiger partial charge in [-0.05, 0) is 41.8 Å². The van der Waals surface area contributed by atoms with Crippen LogP contribution < -0.4 is 10.9 Å². The highest BCUT2D eigenvalue weighted by molar-refractivity contribution is 6.07. The van der Waals surface area contributed by atoms with Crippen molar-refractivity contribution in [3.8, 4) is 0 Å². The molecule has 5 rings (SSSR count). The zero-order valence-electron chi connectivity index (χ0n) is 17.4. The van der Waals surface area contributed by atoms with Gasteiger partial charge in [0.2, 0.25) is 11.9 Å². The maximum Gasteiger partial charge on any atom is 0.260 e. The second kappa shape index (κ2) is 8.26. The fraction of sp³-hybridized carbons (Fsp3) is 0.200. The van der Waals surface area contributed by atoms with Crippen molar-refractivity contribution in [2.24, 2.45) is 5.92 Å². The maximum atomic E-state index is 13.3. The average Bonchev–Trinajstić information content (AvgIpc) is 2.83. The number of H-pyrrole nitrogens is 1. The summed E-state index contributed by atoms with van der Waals surface area (Å²) < 4.78 is 0. The zero-order valence-corrected chi connectivity index (χ0v) is 17.4. The number of carbonyl (C=O) groups excluding carboxylic acids is 2. The molecule has 2 amide bonds. The number of likely N-dealkylation sites (tertiary alicyclic amines) is 1. The first-order valence-corrected chi connectivity index (χ1v) is 10.7. The van der Waals surface area contributed by atoms with Gasteiger partial charge in [0.1, 0.15) is 0 Å². The van der Waals surface area contributed by atoms with E-state index in [1.807, 2.05) is 42.5 Å². The number of piperidine rings is 1. The number of aromatic amines is 1. The molecule has 0 spiro atoms. The van der Waals surface area contributed by atoms with Crippen LogP contribution in [0.2, 0.25) is 0 Å². The number of amides is 2. The second-order valence-corrected chi connectivity index (χ2v) is 8.04. The predicted octanol–water partition coefficient (Wildman–Crippen LogP) is 3.57. The van der Waals surface area contributed by atoms with Crippen LogP contribution in [0.3, 0.4) is 0 Å². The minimum absolute atomic E-state index is 0.0727. The Hall–Kier alpha value is -4.00. The standard InChI is InChI=1S/C25H22N4O3/c30-22(27-25-26-21-13-4-3-11-20(21)23(31)28-25)17-9-6-14-29(15-17)24(32)19-12-5-8-16-7-1-2-10-18(16)19/h1-5,7-8,10-13,17H,6,9,14-15H2,(H2,26,27,28,30,31). The first-order valence-electron chi connectivity index (χ1n) is 10.7. The van der Waals surface area contributed by atoms with Crippen LogP contribution in [-0.2, 0) is 4.79 Å². The molecule has 4 aromatic rings. The van der Waals surface area contributed by atoms with Gasteiger partial charge in [-0.25, -0.2) is 4.98 Å². The molecule has 32 heavy (non-hydrogen) atoms. The van der Waals surface area contributed by atoms with E-state index in [2.05, 4.69) is 15.3 Å². The number of anilines is 1. The number of hydrogen-bond donors (Lipinski definition) is 2. The van der Waals surface area contributed by atoms with Crippen molar-refractivity contribution in [3.05, 3.63) is 82.6 Å². The van der Waals surface area contributed by atoms with Gasteiger partial charge in [-0.15, -0.1) is 0 Å². The predicted molar refractivity (Wildman–Crippen MR) is 124 cm³/mol. The quantitative estimate of drug-likeness (QED) is 0.524. The lowest BCUT2D eigenvalue weighted by atomic mass is 9.95. The molecule has 0 saturated carbocycles. The average molecular weight is 426 g/mol. The Kier molecular flexibility index (Phi) is 5.15. The molecule has 1 aliphatic rings. The van der Waals surface area contributed by atoms with E-state index in [9.17, 15) is 14.4 Å². The largest absolute Gasteiger partial charge is 0.338 e. The molecule has 1 unspecified atom stereocenters. The number of fused-ring (bicyclic) bond motifs is 2. The van der Waals surface area contributed by atoms with Crippen LogP contribution in [-0.4, -0.2) is 39.8 Å². The molecule has 2 heterocycles. The van der Waals surface area contributed by atoms with Crippen LogP contribution in [0.25, 0.3) is 21.7 Å². The van der Waals surface area contributed by atoms with Crippen LogP contribution in [0.4, 0.5) is 5.95 Å². The Morgan fingerprint density at radius 1 is 0.969 bits per heavy atom. The Morgan fingerprint density at radius 3 is 2.59 bits per heavy atom. The molecule has 0 bridgehead atoms. The number of aromatic nitrogens is 2. The topological polar surface area (TPSA) is 95.2 Å². The van der Waals surface area contributed by atoms with E-state index in [0.29, 0.717) is 36.0 Å². The van der Waals surface area contributed by atoms with Crippen molar-refractivity contribution in [2.45, 2.75) is 12.8 Å². The normalized spacial score (nSPS) is 16.2. The lowest BCUT2D eigenvalue weighted by molar-refractivity contribution is -0.121. The van der Waals surface area contributed by atoms with E-state index in [-0.39, 0.29) is 29.2 Å². The molecule has 1 saturated heterocycles. The summed E-state index contributed by atoms with van der Waals surface area (Å²) in [4.78, 5) is 47.2. The zero-order chi connectivity index (χ0) is 22.1. The summed E-state index contributed by atoms with van der Waals surface area (Å²) in [5.74, 6) is -0.578. The van der Waals surface area contributed by atoms with Gasteiger partial charge in [0.15, 0.2) is 0 Å². The van der Waals surface area contributed by atoms with Gasteiger partial charge in [0.05, 0.1) is 16.8 Å². The minimum Gasteiger partial charge on any atom is -0.338 e. The van der Waals surface area contributed by atoms with E-state index in [0.717, 1.165) is 17.2 Å². The minimum atomic E-state index is -0.376. The van der Waals surface area contributed by atoms with Gasteiger partial charge in [-0.3, -0.25) is 24.7 Å². The third-order valence-corrected chi connectivity index (χ3v) is 5.95. The number of para-hydroxylation sites is 1.